The Labute approximate surface area is 220 Å². The molecular weight excluding hydrogens is 470 g/mol. The van der Waals surface area contributed by atoms with Crippen LogP contribution in [0.2, 0.25) is 0 Å². The van der Waals surface area contributed by atoms with Gasteiger partial charge in [-0.15, -0.1) is 0 Å². The van der Waals surface area contributed by atoms with Gasteiger partial charge in [-0.3, -0.25) is 24.7 Å². The van der Waals surface area contributed by atoms with Crippen LogP contribution in [0, 0.1) is 0 Å². The molecule has 202 valence electrons. The van der Waals surface area contributed by atoms with Gasteiger partial charge in [-0.1, -0.05) is 18.2 Å². The number of benzene rings is 1. The van der Waals surface area contributed by atoms with E-state index in [1.807, 2.05) is 25.7 Å². The maximum Gasteiger partial charge on any atom is 0.410 e. The Morgan fingerprint density at radius 1 is 1.05 bits per heavy atom. The van der Waals surface area contributed by atoms with Gasteiger partial charge in [0.1, 0.15) is 5.60 Å². The van der Waals surface area contributed by atoms with Crippen molar-refractivity contribution >= 4 is 17.9 Å². The van der Waals surface area contributed by atoms with Gasteiger partial charge in [0.15, 0.2) is 0 Å². The van der Waals surface area contributed by atoms with Crippen molar-refractivity contribution in [3.05, 3.63) is 34.9 Å². The van der Waals surface area contributed by atoms with E-state index in [1.165, 1.54) is 16.7 Å². The molecule has 1 atom stereocenters. The lowest BCUT2D eigenvalue weighted by atomic mass is 9.99. The van der Waals surface area contributed by atoms with Gasteiger partial charge in [0.05, 0.1) is 6.04 Å². The smallest absolute Gasteiger partial charge is 0.410 e. The minimum Gasteiger partial charge on any atom is -0.444 e. The van der Waals surface area contributed by atoms with Crippen molar-refractivity contribution in [2.75, 3.05) is 45.8 Å². The number of ether oxygens (including phenoxy) is 1. The third-order valence-electron chi connectivity index (χ3n) is 8.10. The van der Waals surface area contributed by atoms with Crippen molar-refractivity contribution in [1.82, 2.24) is 24.9 Å². The lowest BCUT2D eigenvalue weighted by molar-refractivity contribution is -0.137. The number of rotatable bonds is 6. The molecule has 3 fully saturated rings. The van der Waals surface area contributed by atoms with Crippen LogP contribution >= 0.6 is 0 Å². The number of piperidine rings is 1. The van der Waals surface area contributed by atoms with Gasteiger partial charge in [0.2, 0.25) is 11.8 Å². The number of imide groups is 1. The molecular formula is C28H41N5O4. The predicted octanol–water partition coefficient (Wildman–Crippen LogP) is 1.98. The molecule has 1 aromatic carbocycles. The Morgan fingerprint density at radius 2 is 1.81 bits per heavy atom. The van der Waals surface area contributed by atoms with E-state index in [0.717, 1.165) is 71.7 Å². The molecule has 4 aliphatic heterocycles. The third-order valence-corrected chi connectivity index (χ3v) is 8.10. The molecule has 9 heteroatoms. The Hall–Kier alpha value is -2.49. The Balaban J connectivity index is 1.03. The fourth-order valence-electron chi connectivity index (χ4n) is 6.05. The van der Waals surface area contributed by atoms with Crippen LogP contribution in [0.3, 0.4) is 0 Å². The van der Waals surface area contributed by atoms with Crippen molar-refractivity contribution in [2.24, 2.45) is 0 Å². The molecule has 0 aromatic heterocycles. The van der Waals surface area contributed by atoms with Crippen molar-refractivity contribution in [2.45, 2.75) is 77.2 Å². The molecule has 0 spiro atoms. The fraction of sp³-hybridized carbons (Fsp3) is 0.679. The van der Waals surface area contributed by atoms with E-state index in [0.29, 0.717) is 18.9 Å². The average Bonchev–Trinajstić information content (AvgIpc) is 3.24. The second-order valence-corrected chi connectivity index (χ2v) is 11.9. The molecule has 0 bridgehead atoms. The number of nitrogens with zero attached hydrogens (tertiary/aromatic N) is 4. The summed E-state index contributed by atoms with van der Waals surface area (Å²) >= 11 is 0. The number of carbonyl (C=O) groups excluding carboxylic acids is 3. The van der Waals surface area contributed by atoms with E-state index in [1.54, 1.807) is 0 Å². The number of carbonyl (C=O) groups is 3. The second kappa shape index (κ2) is 10.7. The minimum absolute atomic E-state index is 0.149. The Morgan fingerprint density at radius 3 is 2.51 bits per heavy atom. The SMILES string of the molecule is CC(C)(C)OC(=O)N1CCN(C2CN(CCCc3cccc4c3CN(C3CCC(=O)NC3=O)C4)C2)CC1. The number of amides is 3. The molecule has 1 unspecified atom stereocenters. The van der Waals surface area contributed by atoms with Crippen LogP contribution in [0.1, 0.15) is 56.7 Å². The summed E-state index contributed by atoms with van der Waals surface area (Å²) in [5.74, 6) is -0.306. The predicted molar refractivity (Wildman–Crippen MR) is 140 cm³/mol. The largest absolute Gasteiger partial charge is 0.444 e. The zero-order valence-electron chi connectivity index (χ0n) is 22.5. The number of likely N-dealkylation sites (tertiary alicyclic amines) is 1. The van der Waals surface area contributed by atoms with Crippen molar-refractivity contribution in [3.8, 4) is 0 Å². The van der Waals surface area contributed by atoms with Crippen LogP contribution in [-0.2, 0) is 33.8 Å². The van der Waals surface area contributed by atoms with E-state index in [9.17, 15) is 14.4 Å². The zero-order valence-corrected chi connectivity index (χ0v) is 22.5. The zero-order chi connectivity index (χ0) is 26.2. The first-order chi connectivity index (χ1) is 17.7. The minimum atomic E-state index is -0.449. The van der Waals surface area contributed by atoms with Crippen molar-refractivity contribution in [1.29, 1.82) is 0 Å². The lowest BCUT2D eigenvalue weighted by Gasteiger charge is -2.48. The highest BCUT2D eigenvalue weighted by Crippen LogP contribution is 2.30. The highest BCUT2D eigenvalue weighted by atomic mass is 16.6. The molecule has 9 nitrogen and oxygen atoms in total. The summed E-state index contributed by atoms with van der Waals surface area (Å²) in [5, 5.41) is 2.50. The first kappa shape index (κ1) is 26.1. The molecule has 3 saturated heterocycles. The van der Waals surface area contributed by atoms with Gasteiger partial charge in [0, 0.05) is 64.8 Å². The van der Waals surface area contributed by atoms with E-state index in [4.69, 9.17) is 4.74 Å². The molecule has 3 amide bonds. The van der Waals surface area contributed by atoms with Gasteiger partial charge >= 0.3 is 6.09 Å². The first-order valence-corrected chi connectivity index (χ1v) is 13.8. The summed E-state index contributed by atoms with van der Waals surface area (Å²) in [6.07, 6.45) is 3.00. The fourth-order valence-corrected chi connectivity index (χ4v) is 6.05. The van der Waals surface area contributed by atoms with Gasteiger partial charge < -0.3 is 14.5 Å². The first-order valence-electron chi connectivity index (χ1n) is 13.8. The van der Waals surface area contributed by atoms with Gasteiger partial charge in [-0.25, -0.2) is 4.79 Å². The van der Waals surface area contributed by atoms with E-state index in [2.05, 4.69) is 38.2 Å². The molecule has 1 aromatic rings. The number of fused-ring (bicyclic) bond motifs is 1. The highest BCUT2D eigenvalue weighted by Gasteiger charge is 2.36. The van der Waals surface area contributed by atoms with Gasteiger partial charge in [0.25, 0.3) is 0 Å². The van der Waals surface area contributed by atoms with Crippen LogP contribution in [0.4, 0.5) is 4.79 Å². The summed E-state index contributed by atoms with van der Waals surface area (Å²) in [4.78, 5) is 45.3. The molecule has 0 saturated carbocycles. The Kier molecular flexibility index (Phi) is 7.56. The van der Waals surface area contributed by atoms with E-state index >= 15 is 0 Å². The molecule has 0 radical (unpaired) electrons. The summed E-state index contributed by atoms with van der Waals surface area (Å²) in [6.45, 7) is 13.9. The second-order valence-electron chi connectivity index (χ2n) is 11.9. The topological polar surface area (TPSA) is 85.4 Å². The Bertz CT molecular complexity index is 1020. The maximum absolute atomic E-state index is 12.3. The van der Waals surface area contributed by atoms with Crippen molar-refractivity contribution in [3.63, 3.8) is 0 Å². The normalized spacial score (nSPS) is 24.1. The van der Waals surface area contributed by atoms with Crippen LogP contribution in [0.5, 0.6) is 0 Å². The summed E-state index contributed by atoms with van der Waals surface area (Å²) in [7, 11) is 0. The van der Waals surface area contributed by atoms with Crippen molar-refractivity contribution < 1.29 is 19.1 Å². The molecule has 1 N–H and O–H groups in total. The summed E-state index contributed by atoms with van der Waals surface area (Å²) < 4.78 is 5.51. The monoisotopic (exact) mass is 511 g/mol. The molecule has 4 heterocycles. The highest BCUT2D eigenvalue weighted by molar-refractivity contribution is 6.00. The molecule has 4 aliphatic rings. The van der Waals surface area contributed by atoms with Crippen LogP contribution in [0.25, 0.3) is 0 Å². The molecule has 37 heavy (non-hydrogen) atoms. The third kappa shape index (κ3) is 6.16. The molecule has 5 rings (SSSR count). The lowest BCUT2D eigenvalue weighted by Crippen LogP contribution is -2.63. The number of piperazine rings is 1. The standard InChI is InChI=1S/C28H41N5O4/c1-28(2,3)37-27(36)32-14-12-31(13-15-32)22-17-30(18-22)11-5-8-20-6-4-7-21-16-33(19-23(20)21)24-9-10-25(34)29-26(24)35/h4,6-7,22,24H,5,8-19H2,1-3H3,(H,29,34,35). The van der Waals surface area contributed by atoms with Crippen LogP contribution < -0.4 is 5.32 Å². The summed E-state index contributed by atoms with van der Waals surface area (Å²) in [6, 6.07) is 6.92. The summed E-state index contributed by atoms with van der Waals surface area (Å²) in [5.41, 5.74) is 3.63. The van der Waals surface area contributed by atoms with Gasteiger partial charge in [-0.05, 0) is 63.3 Å². The number of nitrogens with one attached hydrogen (secondary N) is 1. The van der Waals surface area contributed by atoms with Gasteiger partial charge in [-0.2, -0.15) is 0 Å². The number of hydrogen-bond acceptors (Lipinski definition) is 7. The van der Waals surface area contributed by atoms with E-state index in [-0.39, 0.29) is 23.9 Å². The number of aryl methyl sites for hydroxylation is 1. The van der Waals surface area contributed by atoms with E-state index < -0.39 is 5.60 Å². The molecule has 0 aliphatic carbocycles. The quantitative estimate of drug-likeness (QED) is 0.585. The van der Waals surface area contributed by atoms with Crippen LogP contribution in [0.15, 0.2) is 18.2 Å². The maximum atomic E-state index is 12.3. The number of hydrogen-bond donors (Lipinski definition) is 1. The van der Waals surface area contributed by atoms with Crippen LogP contribution in [-0.4, -0.2) is 101 Å². The average molecular weight is 512 g/mol.